The Morgan fingerprint density at radius 1 is 1.10 bits per heavy atom. The van der Waals surface area contributed by atoms with Crippen LogP contribution in [0.25, 0.3) is 6.08 Å². The Morgan fingerprint density at radius 3 is 2.35 bits per heavy atom. The largest absolute Gasteiger partial charge is 0.493 e. The standard InChI is InChI=1S/C21H21ClF3N3O3/c1-30-17-5-3-14(11-18(17)31-2)4-6-19(29)27-7-9-28(10-8-27)20-16(22)12-15(13-26-20)21(23,24)25/h3-6,11-13H,7-10H2,1-2H3/b6-4+. The van der Waals surface area contributed by atoms with Gasteiger partial charge in [0.15, 0.2) is 11.5 Å². The maximum atomic E-state index is 12.8. The van der Waals surface area contributed by atoms with Gasteiger partial charge < -0.3 is 19.3 Å². The lowest BCUT2D eigenvalue weighted by Gasteiger charge is -2.35. The lowest BCUT2D eigenvalue weighted by atomic mass is 10.2. The van der Waals surface area contributed by atoms with Crippen LogP contribution in [0.15, 0.2) is 36.5 Å². The Hall–Kier alpha value is -2.94. The second-order valence-electron chi connectivity index (χ2n) is 6.79. The Bertz CT molecular complexity index is 974. The third kappa shape index (κ3) is 5.41. The summed E-state index contributed by atoms with van der Waals surface area (Å²) in [6.45, 7) is 1.62. The average Bonchev–Trinajstić information content (AvgIpc) is 2.76. The Morgan fingerprint density at radius 2 is 1.77 bits per heavy atom. The second-order valence-corrected chi connectivity index (χ2v) is 7.19. The van der Waals surface area contributed by atoms with Crippen molar-refractivity contribution < 1.29 is 27.4 Å². The number of benzene rings is 1. The molecule has 166 valence electrons. The van der Waals surface area contributed by atoms with Crippen LogP contribution < -0.4 is 14.4 Å². The van der Waals surface area contributed by atoms with Gasteiger partial charge in [0.2, 0.25) is 5.91 Å². The molecule has 0 N–H and O–H groups in total. The van der Waals surface area contributed by atoms with E-state index in [9.17, 15) is 18.0 Å². The predicted octanol–water partition coefficient (Wildman–Crippen LogP) is 4.13. The summed E-state index contributed by atoms with van der Waals surface area (Å²) in [7, 11) is 3.08. The number of ether oxygens (including phenoxy) is 2. The Balaban J connectivity index is 1.61. The van der Waals surface area contributed by atoms with E-state index in [1.807, 2.05) is 0 Å². The van der Waals surface area contributed by atoms with Gasteiger partial charge in [-0.25, -0.2) is 4.98 Å². The summed E-state index contributed by atoms with van der Waals surface area (Å²) in [6.07, 6.45) is -0.573. The van der Waals surface area contributed by atoms with Crippen LogP contribution in [0.2, 0.25) is 5.02 Å². The summed E-state index contributed by atoms with van der Waals surface area (Å²) in [5.74, 6) is 1.27. The minimum atomic E-state index is -4.50. The molecule has 0 atom stereocenters. The van der Waals surface area contributed by atoms with Gasteiger partial charge in [0, 0.05) is 38.5 Å². The lowest BCUT2D eigenvalue weighted by molar-refractivity contribution is -0.137. The summed E-state index contributed by atoms with van der Waals surface area (Å²) >= 11 is 6.02. The zero-order valence-corrected chi connectivity index (χ0v) is 17.7. The summed E-state index contributed by atoms with van der Waals surface area (Å²) in [5, 5.41) is -0.0667. The van der Waals surface area contributed by atoms with Crippen LogP contribution in [0.1, 0.15) is 11.1 Å². The molecule has 1 aromatic heterocycles. The van der Waals surface area contributed by atoms with E-state index in [4.69, 9.17) is 21.1 Å². The molecule has 0 unspecified atom stereocenters. The van der Waals surface area contributed by atoms with E-state index in [0.29, 0.717) is 37.7 Å². The van der Waals surface area contributed by atoms with Gasteiger partial charge in [-0.15, -0.1) is 0 Å². The number of methoxy groups -OCH3 is 2. The fourth-order valence-electron chi connectivity index (χ4n) is 3.19. The van der Waals surface area contributed by atoms with Gasteiger partial charge in [0.25, 0.3) is 0 Å². The highest BCUT2D eigenvalue weighted by atomic mass is 35.5. The highest BCUT2D eigenvalue weighted by molar-refractivity contribution is 6.33. The SMILES string of the molecule is COc1ccc(/C=C/C(=O)N2CCN(c3ncc(C(F)(F)F)cc3Cl)CC2)cc1OC. The van der Waals surface area contributed by atoms with Crippen molar-refractivity contribution in [2.24, 2.45) is 0 Å². The number of piperazine rings is 1. The molecule has 1 saturated heterocycles. The van der Waals surface area contributed by atoms with Gasteiger partial charge in [-0.1, -0.05) is 17.7 Å². The van der Waals surface area contributed by atoms with Crippen molar-refractivity contribution in [3.63, 3.8) is 0 Å². The minimum Gasteiger partial charge on any atom is -0.493 e. The molecule has 1 amide bonds. The van der Waals surface area contributed by atoms with E-state index < -0.39 is 11.7 Å². The molecule has 1 aliphatic heterocycles. The van der Waals surface area contributed by atoms with Crippen LogP contribution in [0.3, 0.4) is 0 Å². The van der Waals surface area contributed by atoms with Crippen molar-refractivity contribution in [2.75, 3.05) is 45.3 Å². The number of hydrogen-bond donors (Lipinski definition) is 0. The molecule has 2 aromatic rings. The molecule has 0 radical (unpaired) electrons. The van der Waals surface area contributed by atoms with Gasteiger partial charge in [0.05, 0.1) is 24.8 Å². The third-order valence-electron chi connectivity index (χ3n) is 4.87. The number of carbonyl (C=O) groups is 1. The van der Waals surface area contributed by atoms with Gasteiger partial charge in [0.1, 0.15) is 5.82 Å². The number of rotatable bonds is 5. The monoisotopic (exact) mass is 455 g/mol. The van der Waals surface area contributed by atoms with Crippen molar-refractivity contribution in [1.29, 1.82) is 0 Å². The molecule has 0 bridgehead atoms. The molecule has 1 fully saturated rings. The number of aromatic nitrogens is 1. The minimum absolute atomic E-state index is 0.0667. The summed E-state index contributed by atoms with van der Waals surface area (Å²) in [5.41, 5.74) is -0.110. The number of alkyl halides is 3. The van der Waals surface area contributed by atoms with Crippen molar-refractivity contribution >= 4 is 29.4 Å². The molecule has 0 aliphatic carbocycles. The molecule has 1 aromatic carbocycles. The van der Waals surface area contributed by atoms with Crippen molar-refractivity contribution in [2.45, 2.75) is 6.18 Å². The molecule has 0 saturated carbocycles. The summed E-state index contributed by atoms with van der Waals surface area (Å²) in [6, 6.07) is 6.19. The van der Waals surface area contributed by atoms with Gasteiger partial charge in [-0.2, -0.15) is 13.2 Å². The highest BCUT2D eigenvalue weighted by Gasteiger charge is 2.32. The third-order valence-corrected chi connectivity index (χ3v) is 5.14. The predicted molar refractivity (Wildman–Crippen MR) is 112 cm³/mol. The van der Waals surface area contributed by atoms with Crippen molar-refractivity contribution in [3.05, 3.63) is 52.7 Å². The molecule has 3 rings (SSSR count). The maximum Gasteiger partial charge on any atom is 0.417 e. The zero-order valence-electron chi connectivity index (χ0n) is 16.9. The maximum absolute atomic E-state index is 12.8. The van der Waals surface area contributed by atoms with Crippen LogP contribution in [-0.4, -0.2) is 56.2 Å². The molecule has 10 heteroatoms. The van der Waals surface area contributed by atoms with Gasteiger partial charge in [-0.3, -0.25) is 4.79 Å². The van der Waals surface area contributed by atoms with Crippen LogP contribution in [0, 0.1) is 0 Å². The van der Waals surface area contributed by atoms with E-state index in [0.717, 1.165) is 17.8 Å². The average molecular weight is 456 g/mol. The molecular weight excluding hydrogens is 435 g/mol. The number of amides is 1. The van der Waals surface area contributed by atoms with E-state index in [1.54, 1.807) is 41.2 Å². The number of carbonyl (C=O) groups excluding carboxylic acids is 1. The Labute approximate surface area is 182 Å². The molecular formula is C21H21ClF3N3O3. The summed E-state index contributed by atoms with van der Waals surface area (Å²) < 4.78 is 48.8. The lowest BCUT2D eigenvalue weighted by Crippen LogP contribution is -2.48. The van der Waals surface area contributed by atoms with Gasteiger partial charge in [-0.05, 0) is 29.8 Å². The first-order chi connectivity index (χ1) is 14.7. The quantitative estimate of drug-likeness (QED) is 0.634. The van der Waals surface area contributed by atoms with Crippen LogP contribution in [-0.2, 0) is 11.0 Å². The first-order valence-corrected chi connectivity index (χ1v) is 9.77. The van der Waals surface area contributed by atoms with E-state index in [-0.39, 0.29) is 16.7 Å². The number of nitrogens with zero attached hydrogens (tertiary/aromatic N) is 3. The topological polar surface area (TPSA) is 54.9 Å². The summed E-state index contributed by atoms with van der Waals surface area (Å²) in [4.78, 5) is 19.8. The van der Waals surface area contributed by atoms with Crippen molar-refractivity contribution in [1.82, 2.24) is 9.88 Å². The van der Waals surface area contributed by atoms with E-state index in [1.165, 1.54) is 13.2 Å². The van der Waals surface area contributed by atoms with E-state index >= 15 is 0 Å². The normalized spacial score (nSPS) is 14.8. The van der Waals surface area contributed by atoms with E-state index in [2.05, 4.69) is 4.98 Å². The zero-order chi connectivity index (χ0) is 22.6. The number of pyridine rings is 1. The molecule has 1 aliphatic rings. The molecule has 2 heterocycles. The number of halogens is 4. The molecule has 6 nitrogen and oxygen atoms in total. The number of anilines is 1. The Kier molecular flexibility index (Phi) is 6.94. The van der Waals surface area contributed by atoms with Crippen LogP contribution in [0.5, 0.6) is 11.5 Å². The second kappa shape index (κ2) is 9.47. The fourth-order valence-corrected chi connectivity index (χ4v) is 3.47. The first-order valence-electron chi connectivity index (χ1n) is 9.39. The van der Waals surface area contributed by atoms with Gasteiger partial charge >= 0.3 is 6.18 Å². The molecule has 0 spiro atoms. The van der Waals surface area contributed by atoms with Crippen LogP contribution in [0.4, 0.5) is 19.0 Å². The smallest absolute Gasteiger partial charge is 0.417 e. The molecule has 31 heavy (non-hydrogen) atoms. The first kappa shape index (κ1) is 22.7. The highest BCUT2D eigenvalue weighted by Crippen LogP contribution is 2.33. The van der Waals surface area contributed by atoms with Crippen LogP contribution >= 0.6 is 11.6 Å². The number of hydrogen-bond acceptors (Lipinski definition) is 5. The fraction of sp³-hybridized carbons (Fsp3) is 0.333. The van der Waals surface area contributed by atoms with Crippen molar-refractivity contribution in [3.8, 4) is 11.5 Å².